The van der Waals surface area contributed by atoms with Crippen molar-refractivity contribution in [3.63, 3.8) is 0 Å². The van der Waals surface area contributed by atoms with Gasteiger partial charge in [-0.05, 0) is 56.8 Å². The summed E-state index contributed by atoms with van der Waals surface area (Å²) in [7, 11) is 0. The van der Waals surface area contributed by atoms with Crippen LogP contribution in [0.5, 0.6) is 0 Å². The largest absolute Gasteiger partial charge is 0.457 e. The number of hydrogen-bond donors (Lipinski definition) is 3. The number of ketones is 1. The average molecular weight is 508 g/mol. The number of Topliss-reactive ketones (excluding diaryl/α,β-unsaturated/α-hetero) is 1. The highest BCUT2D eigenvalue weighted by Crippen LogP contribution is 2.32. The van der Waals surface area contributed by atoms with Crippen LogP contribution in [0, 0.1) is 24.2 Å². The Hall–Kier alpha value is -1.87. The predicted molar refractivity (Wildman–Crippen MR) is 138 cm³/mol. The maximum Gasteiger partial charge on any atom is 0.309 e. The third-order valence-electron chi connectivity index (χ3n) is 7.21. The molecule has 1 aliphatic rings. The molecule has 35 heavy (non-hydrogen) atoms. The highest BCUT2D eigenvalue weighted by molar-refractivity contribution is 7.09. The monoisotopic (exact) mass is 507 g/mol. The Morgan fingerprint density at radius 3 is 2.43 bits per heavy atom. The molecule has 0 fully saturated rings. The minimum Gasteiger partial charge on any atom is -0.457 e. The predicted octanol–water partition coefficient (Wildman–Crippen LogP) is 4.24. The molecule has 0 bridgehead atoms. The molecule has 6 unspecified atom stereocenters. The number of aliphatic hydroxyl groups excluding tert-OH is 3. The second kappa shape index (κ2) is 12.4. The minimum atomic E-state index is -1.26. The Labute approximate surface area is 212 Å². The van der Waals surface area contributed by atoms with Crippen LogP contribution in [-0.4, -0.2) is 56.5 Å². The lowest BCUT2D eigenvalue weighted by Gasteiger charge is -2.34. The second-order valence-corrected chi connectivity index (χ2v) is 11.6. The van der Waals surface area contributed by atoms with Gasteiger partial charge in [0, 0.05) is 17.7 Å². The van der Waals surface area contributed by atoms with Crippen LogP contribution in [0.4, 0.5) is 0 Å². The van der Waals surface area contributed by atoms with Gasteiger partial charge in [0.25, 0.3) is 0 Å². The van der Waals surface area contributed by atoms with E-state index >= 15 is 0 Å². The first-order valence-corrected chi connectivity index (χ1v) is 13.2. The number of aromatic nitrogens is 1. The van der Waals surface area contributed by atoms with E-state index in [1.807, 2.05) is 45.2 Å². The van der Waals surface area contributed by atoms with Crippen molar-refractivity contribution in [1.29, 1.82) is 0 Å². The lowest BCUT2D eigenvalue weighted by Crippen LogP contribution is -2.45. The fourth-order valence-electron chi connectivity index (χ4n) is 4.37. The summed E-state index contributed by atoms with van der Waals surface area (Å²) in [6.45, 7) is 12.3. The lowest BCUT2D eigenvalue weighted by molar-refractivity contribution is -0.154. The third-order valence-corrected chi connectivity index (χ3v) is 8.00. The van der Waals surface area contributed by atoms with Crippen LogP contribution < -0.4 is 0 Å². The van der Waals surface area contributed by atoms with Gasteiger partial charge in [0.05, 0.1) is 40.8 Å². The molecule has 0 spiro atoms. The highest BCUT2D eigenvalue weighted by Gasteiger charge is 2.42. The summed E-state index contributed by atoms with van der Waals surface area (Å²) in [6, 6.07) is 0. The molecule has 196 valence electrons. The third kappa shape index (κ3) is 7.81. The van der Waals surface area contributed by atoms with E-state index in [1.54, 1.807) is 20.8 Å². The van der Waals surface area contributed by atoms with Crippen LogP contribution in [0.2, 0.25) is 0 Å². The minimum absolute atomic E-state index is 0.221. The van der Waals surface area contributed by atoms with Crippen molar-refractivity contribution in [3.05, 3.63) is 33.3 Å². The van der Waals surface area contributed by atoms with E-state index in [1.165, 1.54) is 11.3 Å². The van der Waals surface area contributed by atoms with Crippen molar-refractivity contribution in [2.75, 3.05) is 0 Å². The molecular weight excluding hydrogens is 466 g/mol. The van der Waals surface area contributed by atoms with Gasteiger partial charge in [-0.15, -0.1) is 11.3 Å². The van der Waals surface area contributed by atoms with Crippen molar-refractivity contribution in [1.82, 2.24) is 4.98 Å². The van der Waals surface area contributed by atoms with Crippen LogP contribution in [0.1, 0.15) is 77.9 Å². The molecule has 7 nitrogen and oxygen atoms in total. The fraction of sp³-hybridized carbons (Fsp3) is 0.667. The van der Waals surface area contributed by atoms with Crippen LogP contribution >= 0.6 is 11.3 Å². The van der Waals surface area contributed by atoms with Crippen molar-refractivity contribution < 1.29 is 29.6 Å². The molecule has 2 heterocycles. The smallest absolute Gasteiger partial charge is 0.309 e. The number of ether oxygens (including phenoxy) is 1. The molecule has 8 heteroatoms. The fourth-order valence-corrected chi connectivity index (χ4v) is 4.94. The van der Waals surface area contributed by atoms with Gasteiger partial charge >= 0.3 is 5.97 Å². The number of rotatable bonds is 2. The molecule has 6 atom stereocenters. The first-order valence-electron chi connectivity index (χ1n) is 12.3. The van der Waals surface area contributed by atoms with Gasteiger partial charge in [0.15, 0.2) is 0 Å². The Bertz CT molecular complexity index is 949. The van der Waals surface area contributed by atoms with Crippen LogP contribution in [0.25, 0.3) is 6.08 Å². The molecule has 1 aromatic rings. The number of carbonyl (C=O) groups excluding carboxylic acids is 2. The normalized spacial score (nSPS) is 32.2. The molecule has 0 amide bonds. The number of nitrogens with zero attached hydrogens (tertiary/aromatic N) is 1. The maximum absolute atomic E-state index is 13.2. The summed E-state index contributed by atoms with van der Waals surface area (Å²) in [6.07, 6.45) is 1.23. The summed E-state index contributed by atoms with van der Waals surface area (Å²) in [5.74, 6) is -1.88. The first kappa shape index (κ1) is 29.4. The standard InChI is InChI=1S/C27H41NO6S/c1-15-9-11-22(17(3)12-20-14-35-19(5)28-20)34-24(31)13-23(30)27(6,7)26(33)18(4)25(32)16(2)8-10-21(15)29/h9,12,14,16,18,21-23,25,29-30,32H,8,10-11,13H2,1-7H3. The Balaban J connectivity index is 2.38. The average Bonchev–Trinajstić information content (AvgIpc) is 3.21. The molecule has 2 rings (SSSR count). The van der Waals surface area contributed by atoms with Crippen molar-refractivity contribution >= 4 is 29.2 Å². The molecular formula is C27H41NO6S. The number of esters is 1. The van der Waals surface area contributed by atoms with Crippen molar-refractivity contribution in [3.8, 4) is 0 Å². The molecule has 1 aromatic heterocycles. The summed E-state index contributed by atoms with van der Waals surface area (Å²) in [4.78, 5) is 30.5. The molecule has 0 aliphatic carbocycles. The number of thiazole rings is 1. The summed E-state index contributed by atoms with van der Waals surface area (Å²) in [5, 5.41) is 35.1. The quantitative estimate of drug-likeness (QED) is 0.405. The topological polar surface area (TPSA) is 117 Å². The van der Waals surface area contributed by atoms with Gasteiger partial charge in [-0.3, -0.25) is 9.59 Å². The lowest BCUT2D eigenvalue weighted by atomic mass is 9.73. The second-order valence-electron chi connectivity index (χ2n) is 10.5. The Morgan fingerprint density at radius 2 is 1.83 bits per heavy atom. The maximum atomic E-state index is 13.2. The van der Waals surface area contributed by atoms with E-state index in [9.17, 15) is 24.9 Å². The van der Waals surface area contributed by atoms with E-state index in [0.29, 0.717) is 19.3 Å². The summed E-state index contributed by atoms with van der Waals surface area (Å²) >= 11 is 1.53. The molecule has 0 saturated heterocycles. The van der Waals surface area contributed by atoms with Crippen LogP contribution in [0.3, 0.4) is 0 Å². The van der Waals surface area contributed by atoms with Gasteiger partial charge in [-0.2, -0.15) is 0 Å². The number of cyclic esters (lactones) is 1. The SMILES string of the molecule is CC1=CCC(C(C)=Cc2csc(C)n2)OC(=O)CC(O)C(C)(C)C(=O)C(C)C(O)C(C)CCC1O. The number of aliphatic hydroxyl groups is 3. The summed E-state index contributed by atoms with van der Waals surface area (Å²) in [5.41, 5.74) is 1.08. The molecule has 0 saturated carbocycles. The van der Waals surface area contributed by atoms with Gasteiger partial charge in [-0.1, -0.05) is 33.8 Å². The number of aryl methyl sites for hydroxylation is 1. The van der Waals surface area contributed by atoms with Crippen molar-refractivity contribution in [2.24, 2.45) is 17.3 Å². The van der Waals surface area contributed by atoms with Crippen molar-refractivity contribution in [2.45, 2.75) is 98.6 Å². The Morgan fingerprint density at radius 1 is 1.17 bits per heavy atom. The van der Waals surface area contributed by atoms with E-state index in [4.69, 9.17) is 4.74 Å². The molecule has 1 aliphatic heterocycles. The van der Waals surface area contributed by atoms with E-state index in [2.05, 4.69) is 4.98 Å². The van der Waals surface area contributed by atoms with Gasteiger partial charge in [-0.25, -0.2) is 4.98 Å². The zero-order valence-electron chi connectivity index (χ0n) is 21.9. The summed E-state index contributed by atoms with van der Waals surface area (Å²) < 4.78 is 5.76. The van der Waals surface area contributed by atoms with Crippen LogP contribution in [0.15, 0.2) is 22.6 Å². The van der Waals surface area contributed by atoms with Gasteiger partial charge in [0.2, 0.25) is 0 Å². The van der Waals surface area contributed by atoms with Crippen LogP contribution in [-0.2, 0) is 14.3 Å². The molecule has 3 N–H and O–H groups in total. The Kier molecular flexibility index (Phi) is 10.4. The van der Waals surface area contributed by atoms with E-state index in [0.717, 1.165) is 21.8 Å². The number of carbonyl (C=O) groups is 2. The first-order chi connectivity index (χ1) is 16.2. The zero-order valence-corrected chi connectivity index (χ0v) is 22.8. The number of hydrogen-bond acceptors (Lipinski definition) is 8. The molecule has 0 aromatic carbocycles. The highest BCUT2D eigenvalue weighted by atomic mass is 32.1. The molecule has 0 radical (unpaired) electrons. The van der Waals surface area contributed by atoms with Gasteiger partial charge in [0.1, 0.15) is 11.9 Å². The van der Waals surface area contributed by atoms with E-state index in [-0.39, 0.29) is 18.1 Å². The van der Waals surface area contributed by atoms with Gasteiger partial charge < -0.3 is 20.1 Å². The van der Waals surface area contributed by atoms with E-state index < -0.39 is 41.7 Å². The zero-order chi connectivity index (χ0) is 26.5.